The molecule has 0 bridgehead atoms. The van der Waals surface area contributed by atoms with E-state index in [1.165, 1.54) is 31.4 Å². The van der Waals surface area contributed by atoms with Gasteiger partial charge in [-0.15, -0.1) is 0 Å². The van der Waals surface area contributed by atoms with Crippen molar-refractivity contribution in [1.29, 1.82) is 0 Å². The first kappa shape index (κ1) is 21.4. The first-order chi connectivity index (χ1) is 13.9. The average molecular weight is 401 g/mol. The number of nitro benzene ring substituents is 1. The number of carbonyl (C=O) groups excluding carboxylic acids is 3. The quantitative estimate of drug-likeness (QED) is 0.374. The van der Waals surface area contributed by atoms with Crippen molar-refractivity contribution in [2.45, 2.75) is 12.8 Å². The maximum absolute atomic E-state index is 11.9. The van der Waals surface area contributed by atoms with Gasteiger partial charge in [-0.2, -0.15) is 0 Å². The summed E-state index contributed by atoms with van der Waals surface area (Å²) in [6.45, 7) is -0.511. The van der Waals surface area contributed by atoms with E-state index in [-0.39, 0.29) is 24.2 Å². The van der Waals surface area contributed by atoms with E-state index < -0.39 is 29.3 Å². The number of nitro groups is 1. The Morgan fingerprint density at radius 3 is 2.48 bits per heavy atom. The molecule has 0 aromatic heterocycles. The topological polar surface area (TPSA) is 137 Å². The fraction of sp³-hybridized carbons (Fsp3) is 0.211. The number of anilines is 2. The van der Waals surface area contributed by atoms with Crippen LogP contribution in [-0.2, 0) is 19.1 Å². The Labute approximate surface area is 166 Å². The van der Waals surface area contributed by atoms with Crippen LogP contribution in [0.2, 0.25) is 0 Å². The minimum atomic E-state index is -0.727. The van der Waals surface area contributed by atoms with Crippen LogP contribution in [0.25, 0.3) is 0 Å². The zero-order chi connectivity index (χ0) is 21.2. The Hall–Kier alpha value is -3.95. The van der Waals surface area contributed by atoms with Crippen molar-refractivity contribution in [3.8, 4) is 5.75 Å². The normalized spacial score (nSPS) is 9.97. The van der Waals surface area contributed by atoms with Crippen LogP contribution < -0.4 is 15.4 Å². The monoisotopic (exact) mass is 401 g/mol. The molecule has 2 aromatic rings. The van der Waals surface area contributed by atoms with Crippen molar-refractivity contribution in [1.82, 2.24) is 0 Å². The molecule has 0 saturated carbocycles. The maximum atomic E-state index is 11.9. The number of nitrogens with zero attached hydrogens (tertiary/aromatic N) is 1. The number of ether oxygens (including phenoxy) is 2. The van der Waals surface area contributed by atoms with Crippen molar-refractivity contribution in [2.24, 2.45) is 0 Å². The molecule has 10 nitrogen and oxygen atoms in total. The Morgan fingerprint density at radius 2 is 1.76 bits per heavy atom. The summed E-state index contributed by atoms with van der Waals surface area (Å²) in [4.78, 5) is 45.6. The average Bonchev–Trinajstić information content (AvgIpc) is 2.71. The van der Waals surface area contributed by atoms with Gasteiger partial charge in [0.05, 0.1) is 24.1 Å². The highest BCUT2D eigenvalue weighted by Crippen LogP contribution is 2.22. The number of hydrogen-bond donors (Lipinski definition) is 2. The van der Waals surface area contributed by atoms with Crippen LogP contribution in [0.3, 0.4) is 0 Å². The molecule has 2 N–H and O–H groups in total. The molecule has 0 heterocycles. The summed E-state index contributed by atoms with van der Waals surface area (Å²) in [6.07, 6.45) is -0.446. The van der Waals surface area contributed by atoms with E-state index >= 15 is 0 Å². The summed E-state index contributed by atoms with van der Waals surface area (Å²) in [5.74, 6) is -1.33. The Kier molecular flexibility index (Phi) is 7.66. The fourth-order valence-electron chi connectivity index (χ4n) is 2.29. The number of amides is 2. The second-order valence-corrected chi connectivity index (χ2v) is 5.76. The van der Waals surface area contributed by atoms with Crippen LogP contribution in [0.4, 0.5) is 17.1 Å². The van der Waals surface area contributed by atoms with Gasteiger partial charge in [0, 0.05) is 24.2 Å². The third-order valence-corrected chi connectivity index (χ3v) is 3.64. The number of para-hydroxylation sites is 2. The number of rotatable bonds is 9. The van der Waals surface area contributed by atoms with E-state index in [9.17, 15) is 24.5 Å². The Balaban J connectivity index is 1.73. The summed E-state index contributed by atoms with van der Waals surface area (Å²) < 4.78 is 9.94. The zero-order valence-electron chi connectivity index (χ0n) is 15.5. The SMILES string of the molecule is COc1ccccc1NC(=O)COC(=O)CCC(=O)Nc1cccc([N+](=O)[O-])c1. The van der Waals surface area contributed by atoms with E-state index in [0.717, 1.165) is 0 Å². The van der Waals surface area contributed by atoms with Gasteiger partial charge in [-0.25, -0.2) is 0 Å². The number of esters is 1. The standard InChI is InChI=1S/C19H19N3O7/c1-28-16-8-3-2-7-15(16)21-18(24)12-29-19(25)10-9-17(23)20-13-5-4-6-14(11-13)22(26)27/h2-8,11H,9-10,12H2,1H3,(H,20,23)(H,21,24). The second-order valence-electron chi connectivity index (χ2n) is 5.76. The lowest BCUT2D eigenvalue weighted by Crippen LogP contribution is -2.22. The number of benzene rings is 2. The van der Waals surface area contributed by atoms with Gasteiger partial charge in [0.15, 0.2) is 6.61 Å². The highest BCUT2D eigenvalue weighted by molar-refractivity contribution is 5.95. The molecule has 0 unspecified atom stereocenters. The summed E-state index contributed by atoms with van der Waals surface area (Å²) >= 11 is 0. The van der Waals surface area contributed by atoms with Crippen molar-refractivity contribution in [2.75, 3.05) is 24.4 Å². The molecule has 0 radical (unpaired) electrons. The summed E-state index contributed by atoms with van der Waals surface area (Å²) in [5, 5.41) is 15.7. The van der Waals surface area contributed by atoms with Crippen molar-refractivity contribution in [3.05, 3.63) is 58.6 Å². The third-order valence-electron chi connectivity index (χ3n) is 3.64. The summed E-state index contributed by atoms with van der Waals surface area (Å²) in [6, 6.07) is 12.2. The minimum absolute atomic E-state index is 0.164. The zero-order valence-corrected chi connectivity index (χ0v) is 15.5. The molecule has 0 atom stereocenters. The molecule has 10 heteroatoms. The maximum Gasteiger partial charge on any atom is 0.306 e. The largest absolute Gasteiger partial charge is 0.495 e. The summed E-state index contributed by atoms with van der Waals surface area (Å²) in [5.41, 5.74) is 0.518. The first-order valence-corrected chi connectivity index (χ1v) is 8.52. The fourth-order valence-corrected chi connectivity index (χ4v) is 2.29. The molecule has 2 aromatic carbocycles. The first-order valence-electron chi connectivity index (χ1n) is 8.52. The van der Waals surface area contributed by atoms with Gasteiger partial charge in [0.1, 0.15) is 5.75 Å². The molecule has 0 aliphatic rings. The van der Waals surface area contributed by atoms with Crippen LogP contribution in [0.15, 0.2) is 48.5 Å². The van der Waals surface area contributed by atoms with Crippen LogP contribution in [0.5, 0.6) is 5.75 Å². The lowest BCUT2D eigenvalue weighted by molar-refractivity contribution is -0.384. The van der Waals surface area contributed by atoms with Crippen molar-refractivity contribution < 1.29 is 28.8 Å². The second kappa shape index (κ2) is 10.4. The third kappa shape index (κ3) is 6.94. The van der Waals surface area contributed by atoms with Gasteiger partial charge in [-0.3, -0.25) is 24.5 Å². The highest BCUT2D eigenvalue weighted by Gasteiger charge is 2.13. The van der Waals surface area contributed by atoms with Crippen LogP contribution in [-0.4, -0.2) is 36.4 Å². The van der Waals surface area contributed by atoms with Gasteiger partial charge in [0.25, 0.3) is 11.6 Å². The minimum Gasteiger partial charge on any atom is -0.495 e. The number of nitrogens with one attached hydrogen (secondary N) is 2. The molecular formula is C19H19N3O7. The number of carbonyl (C=O) groups is 3. The molecule has 0 saturated heterocycles. The molecule has 0 aliphatic carbocycles. The number of hydrogen-bond acceptors (Lipinski definition) is 7. The van der Waals surface area contributed by atoms with Crippen LogP contribution in [0.1, 0.15) is 12.8 Å². The molecule has 0 spiro atoms. The lowest BCUT2D eigenvalue weighted by Gasteiger charge is -2.10. The number of non-ortho nitro benzene ring substituents is 1. The molecular weight excluding hydrogens is 382 g/mol. The van der Waals surface area contributed by atoms with Gasteiger partial charge in [-0.1, -0.05) is 18.2 Å². The molecule has 0 aliphatic heterocycles. The van der Waals surface area contributed by atoms with Crippen LogP contribution >= 0.6 is 0 Å². The Morgan fingerprint density at radius 1 is 1.00 bits per heavy atom. The predicted octanol–water partition coefficient (Wildman–Crippen LogP) is 2.50. The molecule has 0 fully saturated rings. The van der Waals surface area contributed by atoms with Crippen molar-refractivity contribution >= 4 is 34.8 Å². The van der Waals surface area contributed by atoms with Gasteiger partial charge in [0.2, 0.25) is 5.91 Å². The summed E-state index contributed by atoms with van der Waals surface area (Å²) in [7, 11) is 1.46. The van der Waals surface area contributed by atoms with E-state index in [0.29, 0.717) is 11.4 Å². The van der Waals surface area contributed by atoms with E-state index in [1.807, 2.05) is 0 Å². The van der Waals surface area contributed by atoms with Crippen molar-refractivity contribution in [3.63, 3.8) is 0 Å². The van der Waals surface area contributed by atoms with Crippen LogP contribution in [0, 0.1) is 10.1 Å². The molecule has 152 valence electrons. The van der Waals surface area contributed by atoms with E-state index in [2.05, 4.69) is 10.6 Å². The highest BCUT2D eigenvalue weighted by atomic mass is 16.6. The van der Waals surface area contributed by atoms with E-state index in [4.69, 9.17) is 9.47 Å². The van der Waals surface area contributed by atoms with Gasteiger partial charge >= 0.3 is 5.97 Å². The van der Waals surface area contributed by atoms with Gasteiger partial charge < -0.3 is 20.1 Å². The predicted molar refractivity (Wildman–Crippen MR) is 104 cm³/mol. The molecule has 2 rings (SSSR count). The lowest BCUT2D eigenvalue weighted by atomic mass is 10.2. The Bertz CT molecular complexity index is 914. The van der Waals surface area contributed by atoms with E-state index in [1.54, 1.807) is 24.3 Å². The number of methoxy groups -OCH3 is 1. The smallest absolute Gasteiger partial charge is 0.306 e. The molecule has 2 amide bonds. The molecule has 29 heavy (non-hydrogen) atoms. The van der Waals surface area contributed by atoms with Gasteiger partial charge in [-0.05, 0) is 18.2 Å².